The van der Waals surface area contributed by atoms with Crippen LogP contribution in [0.5, 0.6) is 0 Å². The second-order valence-corrected chi connectivity index (χ2v) is 10.0. The monoisotopic (exact) mass is 338 g/mol. The molecule has 134 valence electrons. The molecule has 0 spiro atoms. The summed E-state index contributed by atoms with van der Waals surface area (Å²) < 4.78 is 0. The number of fused-ring (bicyclic) bond motifs is 3. The van der Waals surface area contributed by atoms with E-state index in [4.69, 9.17) is 11.6 Å². The molecule has 4 aliphatic carbocycles. The molecule has 1 atom stereocenters. The van der Waals surface area contributed by atoms with Gasteiger partial charge in [0.1, 0.15) is 0 Å². The van der Waals surface area contributed by atoms with Crippen molar-refractivity contribution in [3.8, 4) is 0 Å². The Hall–Kier alpha value is 0.290. The van der Waals surface area contributed by atoms with Gasteiger partial charge in [0.25, 0.3) is 0 Å². The minimum absolute atomic E-state index is 0.468. The first-order valence-corrected chi connectivity index (χ1v) is 11.2. The third-order valence-electron chi connectivity index (χ3n) is 8.11. The van der Waals surface area contributed by atoms with Crippen LogP contribution < -0.4 is 0 Å². The van der Waals surface area contributed by atoms with Gasteiger partial charge in [-0.3, -0.25) is 0 Å². The fraction of sp³-hybridized carbons (Fsp3) is 1.00. The minimum atomic E-state index is 0.468. The van der Waals surface area contributed by atoms with E-state index in [1.807, 2.05) is 0 Å². The summed E-state index contributed by atoms with van der Waals surface area (Å²) in [4.78, 5) is 0. The Balaban J connectivity index is 1.49. The molecule has 4 aliphatic rings. The van der Waals surface area contributed by atoms with E-state index in [0.717, 1.165) is 17.3 Å². The quantitative estimate of drug-likeness (QED) is 0.416. The van der Waals surface area contributed by atoms with Gasteiger partial charge >= 0.3 is 0 Å². The largest absolute Gasteiger partial charge is 0.122 e. The molecule has 4 rings (SSSR count). The van der Waals surface area contributed by atoms with Crippen molar-refractivity contribution in [2.45, 2.75) is 116 Å². The SMILES string of the molecule is CCCC1CCC(CC(Cl)C23CCC(CCC)(CC2)CC3)CC1. The third kappa shape index (κ3) is 3.94. The van der Waals surface area contributed by atoms with Gasteiger partial charge in [0.05, 0.1) is 0 Å². The van der Waals surface area contributed by atoms with E-state index in [1.165, 1.54) is 96.3 Å². The van der Waals surface area contributed by atoms with Crippen LogP contribution in [0.4, 0.5) is 0 Å². The molecule has 0 heterocycles. The van der Waals surface area contributed by atoms with E-state index in [0.29, 0.717) is 10.8 Å². The van der Waals surface area contributed by atoms with E-state index in [9.17, 15) is 0 Å². The molecule has 4 fully saturated rings. The molecule has 23 heavy (non-hydrogen) atoms. The van der Waals surface area contributed by atoms with Gasteiger partial charge in [-0.15, -0.1) is 11.6 Å². The second kappa shape index (κ2) is 7.67. The summed E-state index contributed by atoms with van der Waals surface area (Å²) in [7, 11) is 0. The molecule has 1 unspecified atom stereocenters. The van der Waals surface area contributed by atoms with Crippen LogP contribution in [-0.4, -0.2) is 5.38 Å². The molecule has 0 aromatic rings. The Morgan fingerprint density at radius 2 is 1.39 bits per heavy atom. The topological polar surface area (TPSA) is 0 Å². The average molecular weight is 339 g/mol. The highest BCUT2D eigenvalue weighted by Crippen LogP contribution is 2.61. The lowest BCUT2D eigenvalue weighted by Crippen LogP contribution is -2.46. The van der Waals surface area contributed by atoms with Crippen LogP contribution in [0.25, 0.3) is 0 Å². The first kappa shape index (κ1) is 18.1. The van der Waals surface area contributed by atoms with E-state index in [-0.39, 0.29) is 0 Å². The Kier molecular flexibility index (Phi) is 6.03. The normalized spacial score (nSPS) is 41.9. The lowest BCUT2D eigenvalue weighted by atomic mass is 9.51. The molecule has 1 heteroatoms. The van der Waals surface area contributed by atoms with Gasteiger partial charge in [-0.1, -0.05) is 58.8 Å². The van der Waals surface area contributed by atoms with Crippen LogP contribution in [0, 0.1) is 22.7 Å². The molecule has 0 saturated heterocycles. The highest BCUT2D eigenvalue weighted by molar-refractivity contribution is 6.21. The molecule has 0 aromatic heterocycles. The lowest BCUT2D eigenvalue weighted by molar-refractivity contribution is -0.0213. The third-order valence-corrected chi connectivity index (χ3v) is 8.75. The molecule has 0 aromatic carbocycles. The molecular formula is C22H39Cl. The van der Waals surface area contributed by atoms with Crippen molar-refractivity contribution >= 4 is 11.6 Å². The highest BCUT2D eigenvalue weighted by atomic mass is 35.5. The summed E-state index contributed by atoms with van der Waals surface area (Å²) in [6, 6.07) is 0. The van der Waals surface area contributed by atoms with Gasteiger partial charge in [-0.2, -0.15) is 0 Å². The fourth-order valence-electron chi connectivity index (χ4n) is 6.37. The molecule has 0 N–H and O–H groups in total. The predicted octanol–water partition coefficient (Wildman–Crippen LogP) is 7.73. The molecule has 0 amide bonds. The molecule has 0 radical (unpaired) electrons. The highest BCUT2D eigenvalue weighted by Gasteiger charge is 2.51. The maximum atomic E-state index is 7.09. The number of alkyl halides is 1. The average Bonchev–Trinajstić information content (AvgIpc) is 2.58. The summed E-state index contributed by atoms with van der Waals surface area (Å²) in [5.74, 6) is 1.96. The number of hydrogen-bond donors (Lipinski definition) is 0. The van der Waals surface area contributed by atoms with E-state index < -0.39 is 0 Å². The van der Waals surface area contributed by atoms with Gasteiger partial charge < -0.3 is 0 Å². The van der Waals surface area contributed by atoms with Crippen LogP contribution in [0.1, 0.15) is 110 Å². The Labute approximate surface area is 150 Å². The van der Waals surface area contributed by atoms with Crippen molar-refractivity contribution in [2.75, 3.05) is 0 Å². The van der Waals surface area contributed by atoms with Gasteiger partial charge in [0.15, 0.2) is 0 Å². The van der Waals surface area contributed by atoms with Crippen LogP contribution in [0.2, 0.25) is 0 Å². The van der Waals surface area contributed by atoms with Crippen molar-refractivity contribution in [3.05, 3.63) is 0 Å². The minimum Gasteiger partial charge on any atom is -0.122 e. The van der Waals surface area contributed by atoms with Crippen molar-refractivity contribution in [2.24, 2.45) is 22.7 Å². The summed E-state index contributed by atoms with van der Waals surface area (Å²) in [6.45, 7) is 4.70. The molecule has 2 bridgehead atoms. The number of halogens is 1. The van der Waals surface area contributed by atoms with Crippen molar-refractivity contribution in [1.29, 1.82) is 0 Å². The maximum absolute atomic E-state index is 7.09. The van der Waals surface area contributed by atoms with Gasteiger partial charge in [0.2, 0.25) is 0 Å². The summed E-state index contributed by atoms with van der Waals surface area (Å²) in [6.07, 6.45) is 21.6. The number of rotatable bonds is 7. The van der Waals surface area contributed by atoms with E-state index in [1.54, 1.807) is 0 Å². The van der Waals surface area contributed by atoms with E-state index >= 15 is 0 Å². The van der Waals surface area contributed by atoms with Gasteiger partial charge in [-0.05, 0) is 74.0 Å². The van der Waals surface area contributed by atoms with Crippen molar-refractivity contribution in [3.63, 3.8) is 0 Å². The Morgan fingerprint density at radius 3 is 1.91 bits per heavy atom. The summed E-state index contributed by atoms with van der Waals surface area (Å²) in [5.41, 5.74) is 1.25. The van der Waals surface area contributed by atoms with Gasteiger partial charge in [-0.25, -0.2) is 0 Å². The molecule has 0 aliphatic heterocycles. The zero-order valence-electron chi connectivity index (χ0n) is 15.7. The number of hydrogen-bond acceptors (Lipinski definition) is 0. The zero-order valence-corrected chi connectivity index (χ0v) is 16.5. The standard InChI is InChI=1S/C22H39Cl/c1-3-5-18-6-8-19(9-7-18)17-20(23)22-14-11-21(10-4-2,12-15-22)13-16-22/h18-20H,3-17H2,1-2H3. The molecular weight excluding hydrogens is 300 g/mol. The second-order valence-electron chi connectivity index (χ2n) is 9.49. The Bertz CT molecular complexity index is 342. The fourth-order valence-corrected chi connectivity index (χ4v) is 6.95. The first-order chi connectivity index (χ1) is 11.1. The lowest BCUT2D eigenvalue weighted by Gasteiger charge is -2.56. The molecule has 0 nitrogen and oxygen atoms in total. The van der Waals surface area contributed by atoms with Crippen LogP contribution in [0.15, 0.2) is 0 Å². The zero-order chi connectivity index (χ0) is 16.3. The predicted molar refractivity (Wildman–Crippen MR) is 102 cm³/mol. The Morgan fingerprint density at radius 1 is 0.826 bits per heavy atom. The molecule has 4 saturated carbocycles. The van der Waals surface area contributed by atoms with Crippen LogP contribution in [-0.2, 0) is 0 Å². The van der Waals surface area contributed by atoms with E-state index in [2.05, 4.69) is 13.8 Å². The van der Waals surface area contributed by atoms with Gasteiger partial charge in [0, 0.05) is 5.38 Å². The van der Waals surface area contributed by atoms with Crippen LogP contribution in [0.3, 0.4) is 0 Å². The maximum Gasteiger partial charge on any atom is 0.0395 e. The first-order valence-electron chi connectivity index (χ1n) is 10.8. The van der Waals surface area contributed by atoms with Crippen molar-refractivity contribution < 1.29 is 0 Å². The summed E-state index contributed by atoms with van der Waals surface area (Å²) >= 11 is 7.09. The summed E-state index contributed by atoms with van der Waals surface area (Å²) in [5, 5.41) is 0.468. The van der Waals surface area contributed by atoms with Crippen molar-refractivity contribution in [1.82, 2.24) is 0 Å². The smallest absolute Gasteiger partial charge is 0.0395 e. The van der Waals surface area contributed by atoms with Crippen LogP contribution >= 0.6 is 11.6 Å².